The highest BCUT2D eigenvalue weighted by molar-refractivity contribution is 9.10. The van der Waals surface area contributed by atoms with E-state index in [0.717, 1.165) is 10.0 Å². The van der Waals surface area contributed by atoms with Crippen LogP contribution in [-0.2, 0) is 0 Å². The van der Waals surface area contributed by atoms with Crippen molar-refractivity contribution >= 4 is 39.4 Å². The summed E-state index contributed by atoms with van der Waals surface area (Å²) in [4.78, 5) is 11.9. The number of hydrogen-bond donors (Lipinski definition) is 0. The van der Waals surface area contributed by atoms with Gasteiger partial charge in [0, 0.05) is 15.1 Å². The summed E-state index contributed by atoms with van der Waals surface area (Å²) >= 11 is 9.23. The third kappa shape index (κ3) is 3.56. The second-order valence-corrected chi connectivity index (χ2v) is 5.12. The minimum Gasteiger partial charge on any atom is -0.289 e. The molecule has 2 aromatic rings. The molecule has 0 heterocycles. The monoisotopic (exact) mass is 320 g/mol. The van der Waals surface area contributed by atoms with Crippen molar-refractivity contribution in [1.82, 2.24) is 0 Å². The Morgan fingerprint density at radius 3 is 2.61 bits per heavy atom. The van der Waals surface area contributed by atoms with Crippen molar-refractivity contribution < 1.29 is 4.79 Å². The van der Waals surface area contributed by atoms with Gasteiger partial charge in [-0.2, -0.15) is 0 Å². The van der Waals surface area contributed by atoms with Crippen molar-refractivity contribution in [3.63, 3.8) is 0 Å². The smallest absolute Gasteiger partial charge is 0.185 e. The minimum atomic E-state index is -0.0579. The van der Waals surface area contributed by atoms with Gasteiger partial charge in [-0.25, -0.2) is 0 Å². The summed E-state index contributed by atoms with van der Waals surface area (Å²) in [7, 11) is 0. The summed E-state index contributed by atoms with van der Waals surface area (Å²) in [5.74, 6) is -0.0579. The van der Waals surface area contributed by atoms with Crippen LogP contribution < -0.4 is 0 Å². The quantitative estimate of drug-likeness (QED) is 0.574. The van der Waals surface area contributed by atoms with Gasteiger partial charge in [0.2, 0.25) is 0 Å². The molecule has 2 rings (SSSR count). The van der Waals surface area contributed by atoms with Gasteiger partial charge in [-0.05, 0) is 35.9 Å². The molecule has 0 radical (unpaired) electrons. The summed E-state index contributed by atoms with van der Waals surface area (Å²) in [5.41, 5.74) is 1.56. The molecule has 0 bridgehead atoms. The number of carbonyl (C=O) groups is 1. The van der Waals surface area contributed by atoms with E-state index in [0.29, 0.717) is 10.6 Å². The molecule has 2 aromatic carbocycles. The Morgan fingerprint density at radius 2 is 1.89 bits per heavy atom. The maximum atomic E-state index is 11.9. The highest BCUT2D eigenvalue weighted by Crippen LogP contribution is 2.14. The van der Waals surface area contributed by atoms with Crippen molar-refractivity contribution in [2.24, 2.45) is 0 Å². The summed E-state index contributed by atoms with van der Waals surface area (Å²) < 4.78 is 0.986. The van der Waals surface area contributed by atoms with E-state index >= 15 is 0 Å². The molecule has 0 aromatic heterocycles. The first-order chi connectivity index (χ1) is 8.65. The molecular weight excluding hydrogens is 312 g/mol. The van der Waals surface area contributed by atoms with Gasteiger partial charge in [0.05, 0.1) is 0 Å². The van der Waals surface area contributed by atoms with Gasteiger partial charge in [0.15, 0.2) is 5.78 Å². The van der Waals surface area contributed by atoms with E-state index in [1.807, 2.05) is 24.3 Å². The van der Waals surface area contributed by atoms with Crippen LogP contribution >= 0.6 is 27.5 Å². The van der Waals surface area contributed by atoms with E-state index in [1.165, 1.54) is 0 Å². The standard InChI is InChI=1S/C15H10BrClO/c16-13-5-1-3-11(9-13)7-8-15(18)12-4-2-6-14(17)10-12/h1-10H. The Kier molecular flexibility index (Phi) is 4.34. The summed E-state index contributed by atoms with van der Waals surface area (Å²) in [5, 5.41) is 0.566. The third-order valence-electron chi connectivity index (χ3n) is 2.38. The zero-order valence-electron chi connectivity index (χ0n) is 9.44. The Bertz CT molecular complexity index is 605. The Morgan fingerprint density at radius 1 is 1.11 bits per heavy atom. The number of rotatable bonds is 3. The molecule has 0 unspecified atom stereocenters. The van der Waals surface area contributed by atoms with Crippen molar-refractivity contribution in [2.45, 2.75) is 0 Å². The van der Waals surface area contributed by atoms with Gasteiger partial charge < -0.3 is 0 Å². The van der Waals surface area contributed by atoms with Crippen LogP contribution in [0.4, 0.5) is 0 Å². The van der Waals surface area contributed by atoms with Crippen LogP contribution in [0, 0.1) is 0 Å². The van der Waals surface area contributed by atoms with E-state index in [-0.39, 0.29) is 5.78 Å². The first-order valence-electron chi connectivity index (χ1n) is 5.39. The van der Waals surface area contributed by atoms with Crippen LogP contribution in [0.5, 0.6) is 0 Å². The van der Waals surface area contributed by atoms with Crippen LogP contribution in [0.25, 0.3) is 6.08 Å². The predicted octanol–water partition coefficient (Wildman–Crippen LogP) is 5.00. The fourth-order valence-electron chi connectivity index (χ4n) is 1.52. The van der Waals surface area contributed by atoms with Gasteiger partial charge >= 0.3 is 0 Å². The lowest BCUT2D eigenvalue weighted by Crippen LogP contribution is -1.93. The largest absolute Gasteiger partial charge is 0.289 e. The second kappa shape index (κ2) is 5.98. The lowest BCUT2D eigenvalue weighted by molar-refractivity contribution is 0.104. The van der Waals surface area contributed by atoms with Crippen molar-refractivity contribution in [3.05, 3.63) is 75.2 Å². The number of carbonyl (C=O) groups excluding carboxylic acids is 1. The minimum absolute atomic E-state index is 0.0579. The highest BCUT2D eigenvalue weighted by Gasteiger charge is 2.01. The van der Waals surface area contributed by atoms with E-state index in [9.17, 15) is 4.79 Å². The zero-order valence-corrected chi connectivity index (χ0v) is 11.8. The normalized spacial score (nSPS) is 10.8. The molecule has 0 aliphatic heterocycles. The second-order valence-electron chi connectivity index (χ2n) is 3.76. The third-order valence-corrected chi connectivity index (χ3v) is 3.11. The average Bonchev–Trinajstić information content (AvgIpc) is 2.36. The molecule has 18 heavy (non-hydrogen) atoms. The van der Waals surface area contributed by atoms with Crippen LogP contribution in [0.1, 0.15) is 15.9 Å². The molecule has 0 amide bonds. The molecular formula is C15H10BrClO. The lowest BCUT2D eigenvalue weighted by atomic mass is 10.1. The number of benzene rings is 2. The first-order valence-corrected chi connectivity index (χ1v) is 6.56. The van der Waals surface area contributed by atoms with E-state index in [1.54, 1.807) is 36.4 Å². The fraction of sp³-hybridized carbons (Fsp3) is 0. The number of ketones is 1. The van der Waals surface area contributed by atoms with Crippen molar-refractivity contribution in [1.29, 1.82) is 0 Å². The van der Waals surface area contributed by atoms with Crippen molar-refractivity contribution in [3.8, 4) is 0 Å². The van der Waals surface area contributed by atoms with Crippen LogP contribution in [-0.4, -0.2) is 5.78 Å². The molecule has 0 fully saturated rings. The molecule has 0 N–H and O–H groups in total. The van der Waals surface area contributed by atoms with Crippen LogP contribution in [0.2, 0.25) is 5.02 Å². The van der Waals surface area contributed by atoms with E-state index < -0.39 is 0 Å². The fourth-order valence-corrected chi connectivity index (χ4v) is 2.13. The maximum Gasteiger partial charge on any atom is 0.185 e. The lowest BCUT2D eigenvalue weighted by Gasteiger charge is -1.97. The van der Waals surface area contributed by atoms with E-state index in [2.05, 4.69) is 15.9 Å². The number of halogens is 2. The Balaban J connectivity index is 2.17. The average molecular weight is 322 g/mol. The maximum absolute atomic E-state index is 11.9. The molecule has 3 heteroatoms. The molecule has 0 aliphatic carbocycles. The molecule has 0 atom stereocenters. The van der Waals surface area contributed by atoms with Gasteiger partial charge in [-0.15, -0.1) is 0 Å². The summed E-state index contributed by atoms with van der Waals surface area (Å²) in [6.45, 7) is 0. The highest BCUT2D eigenvalue weighted by atomic mass is 79.9. The number of allylic oxidation sites excluding steroid dienone is 1. The molecule has 1 nitrogen and oxygen atoms in total. The molecule has 0 spiro atoms. The van der Waals surface area contributed by atoms with Gasteiger partial charge in [-0.3, -0.25) is 4.79 Å². The van der Waals surface area contributed by atoms with Crippen LogP contribution in [0.15, 0.2) is 59.1 Å². The molecule has 0 aliphatic rings. The number of hydrogen-bond acceptors (Lipinski definition) is 1. The predicted molar refractivity (Wildman–Crippen MR) is 79.0 cm³/mol. The Labute approximate surface area is 119 Å². The molecule has 90 valence electrons. The topological polar surface area (TPSA) is 17.1 Å². The van der Waals surface area contributed by atoms with Crippen LogP contribution in [0.3, 0.4) is 0 Å². The molecule has 0 saturated carbocycles. The SMILES string of the molecule is O=C(C=Cc1cccc(Br)c1)c1cccc(Cl)c1. The summed E-state index contributed by atoms with van der Waals surface area (Å²) in [6.07, 6.45) is 3.33. The van der Waals surface area contributed by atoms with Gasteiger partial charge in [-0.1, -0.05) is 57.9 Å². The Hall–Kier alpha value is -1.38. The molecule has 0 saturated heterocycles. The van der Waals surface area contributed by atoms with E-state index in [4.69, 9.17) is 11.6 Å². The van der Waals surface area contributed by atoms with Crippen molar-refractivity contribution in [2.75, 3.05) is 0 Å². The first kappa shape index (κ1) is 13.1. The van der Waals surface area contributed by atoms with Gasteiger partial charge in [0.25, 0.3) is 0 Å². The van der Waals surface area contributed by atoms with Gasteiger partial charge in [0.1, 0.15) is 0 Å². The zero-order chi connectivity index (χ0) is 13.0. The summed E-state index contributed by atoms with van der Waals surface area (Å²) in [6, 6.07) is 14.7.